The third-order valence-electron chi connectivity index (χ3n) is 4.19. The van der Waals surface area contributed by atoms with Gasteiger partial charge in [0, 0.05) is 18.0 Å². The first kappa shape index (κ1) is 17.3. The average molecular weight is 353 g/mol. The van der Waals surface area contributed by atoms with Gasteiger partial charge in [-0.25, -0.2) is 9.07 Å². The maximum atomic E-state index is 13.2. The minimum atomic E-state index is -0.249. The Morgan fingerprint density at radius 2 is 1.76 bits per heavy atom. The van der Waals surface area contributed by atoms with Crippen LogP contribution in [0, 0.1) is 19.7 Å². The highest BCUT2D eigenvalue weighted by Gasteiger charge is 2.09. The molecule has 0 saturated carbocycles. The molecule has 0 atom stereocenters. The molecule has 0 spiro atoms. The zero-order chi connectivity index (χ0) is 18.0. The van der Waals surface area contributed by atoms with Gasteiger partial charge in [-0.05, 0) is 67.8 Å². The van der Waals surface area contributed by atoms with E-state index in [1.54, 1.807) is 19.2 Å². The van der Waals surface area contributed by atoms with Gasteiger partial charge in [-0.1, -0.05) is 12.1 Å². The molecule has 3 aromatic rings. The summed E-state index contributed by atoms with van der Waals surface area (Å²) in [6.45, 7) is 6.18. The maximum absolute atomic E-state index is 13.2. The van der Waals surface area contributed by atoms with E-state index in [2.05, 4.69) is 37.0 Å². The van der Waals surface area contributed by atoms with E-state index >= 15 is 0 Å². The molecule has 3 nitrogen and oxygen atoms in total. The van der Waals surface area contributed by atoms with E-state index in [0.717, 1.165) is 27.3 Å². The predicted molar refractivity (Wildman–Crippen MR) is 103 cm³/mol. The molecule has 1 aromatic heterocycles. The molecule has 0 aliphatic rings. The van der Waals surface area contributed by atoms with Crippen molar-refractivity contribution >= 4 is 17.0 Å². The fourth-order valence-corrected chi connectivity index (χ4v) is 3.34. The normalized spacial score (nSPS) is 12.7. The molecule has 0 unspecified atom stereocenters. The molecule has 0 aliphatic carbocycles. The van der Waals surface area contributed by atoms with Gasteiger partial charge in [0.25, 0.3) is 0 Å². The third-order valence-corrected chi connectivity index (χ3v) is 5.10. The molecule has 25 heavy (non-hydrogen) atoms. The zero-order valence-electron chi connectivity index (χ0n) is 14.7. The number of rotatable bonds is 3. The summed E-state index contributed by atoms with van der Waals surface area (Å²) in [5.74, 6) is -0.249. The Hall–Kier alpha value is -2.53. The van der Waals surface area contributed by atoms with Crippen molar-refractivity contribution < 1.29 is 4.39 Å². The van der Waals surface area contributed by atoms with Crippen LogP contribution in [0.4, 0.5) is 4.39 Å². The van der Waals surface area contributed by atoms with Crippen molar-refractivity contribution in [1.29, 1.82) is 0 Å². The molecular weight excluding hydrogens is 333 g/mol. The van der Waals surface area contributed by atoms with Crippen molar-refractivity contribution in [3.8, 4) is 11.3 Å². The number of thiazole rings is 1. The van der Waals surface area contributed by atoms with Gasteiger partial charge < -0.3 is 0 Å². The first-order chi connectivity index (χ1) is 12.0. The Balaban J connectivity index is 2.11. The molecule has 2 aromatic carbocycles. The highest BCUT2D eigenvalue weighted by molar-refractivity contribution is 7.07. The number of benzene rings is 2. The highest BCUT2D eigenvalue weighted by Crippen LogP contribution is 2.21. The van der Waals surface area contributed by atoms with Crippen LogP contribution in [0.5, 0.6) is 0 Å². The first-order valence-electron chi connectivity index (χ1n) is 8.02. The van der Waals surface area contributed by atoms with Crippen molar-refractivity contribution in [2.24, 2.45) is 10.1 Å². The molecule has 0 bridgehead atoms. The van der Waals surface area contributed by atoms with Crippen LogP contribution in [0.1, 0.15) is 23.6 Å². The first-order valence-corrected chi connectivity index (χ1v) is 8.90. The van der Waals surface area contributed by atoms with Gasteiger partial charge >= 0.3 is 0 Å². The van der Waals surface area contributed by atoms with Crippen molar-refractivity contribution in [2.45, 2.75) is 20.8 Å². The van der Waals surface area contributed by atoms with E-state index in [0.29, 0.717) is 0 Å². The molecule has 0 N–H and O–H groups in total. The van der Waals surface area contributed by atoms with Gasteiger partial charge in [0.15, 0.2) is 0 Å². The zero-order valence-corrected chi connectivity index (χ0v) is 15.6. The summed E-state index contributed by atoms with van der Waals surface area (Å²) in [7, 11) is 1.75. The summed E-state index contributed by atoms with van der Waals surface area (Å²) in [5.41, 5.74) is 6.28. The maximum Gasteiger partial charge on any atom is 0.205 e. The molecular formula is C20H20FN3S. The second kappa shape index (κ2) is 7.15. The largest absolute Gasteiger partial charge is 0.261 e. The Morgan fingerprint density at radius 3 is 2.40 bits per heavy atom. The Bertz CT molecular complexity index is 995. The van der Waals surface area contributed by atoms with Gasteiger partial charge in [-0.15, -0.1) is 11.3 Å². The van der Waals surface area contributed by atoms with Gasteiger partial charge in [-0.3, -0.25) is 4.99 Å². The number of aromatic nitrogens is 1. The molecule has 1 heterocycles. The molecule has 0 radical (unpaired) electrons. The van der Waals surface area contributed by atoms with E-state index in [1.807, 2.05) is 17.0 Å². The van der Waals surface area contributed by atoms with Crippen LogP contribution in [0.2, 0.25) is 0 Å². The summed E-state index contributed by atoms with van der Waals surface area (Å²) in [6, 6.07) is 12.8. The summed E-state index contributed by atoms with van der Waals surface area (Å²) in [6.07, 6.45) is 0. The topological polar surface area (TPSA) is 29.6 Å². The van der Waals surface area contributed by atoms with E-state index in [4.69, 9.17) is 5.10 Å². The van der Waals surface area contributed by atoms with Crippen LogP contribution in [-0.4, -0.2) is 17.4 Å². The Labute approximate surface area is 150 Å². The molecule has 128 valence electrons. The van der Waals surface area contributed by atoms with E-state index in [-0.39, 0.29) is 5.82 Å². The van der Waals surface area contributed by atoms with Crippen molar-refractivity contribution in [3.63, 3.8) is 0 Å². The third kappa shape index (κ3) is 3.61. The van der Waals surface area contributed by atoms with Crippen molar-refractivity contribution in [1.82, 2.24) is 4.68 Å². The Morgan fingerprint density at radius 1 is 1.04 bits per heavy atom. The lowest BCUT2D eigenvalue weighted by atomic mass is 10.0. The summed E-state index contributed by atoms with van der Waals surface area (Å²) < 4.78 is 15.0. The second-order valence-corrected chi connectivity index (χ2v) is 6.77. The number of hydrogen-bond donors (Lipinski definition) is 0. The average Bonchev–Trinajstić information content (AvgIpc) is 3.00. The monoisotopic (exact) mass is 353 g/mol. The quantitative estimate of drug-likeness (QED) is 0.607. The number of nitrogens with zero attached hydrogens (tertiary/aromatic N) is 3. The molecule has 0 saturated heterocycles. The van der Waals surface area contributed by atoms with Crippen molar-refractivity contribution in [3.05, 3.63) is 75.2 Å². The smallest absolute Gasteiger partial charge is 0.205 e. The fraction of sp³-hybridized carbons (Fsp3) is 0.200. The van der Waals surface area contributed by atoms with Crippen LogP contribution in [0.25, 0.3) is 11.3 Å². The highest BCUT2D eigenvalue weighted by atomic mass is 32.1. The van der Waals surface area contributed by atoms with Gasteiger partial charge in [0.1, 0.15) is 5.82 Å². The molecule has 0 fully saturated rings. The van der Waals surface area contributed by atoms with Gasteiger partial charge in [0.05, 0.1) is 11.4 Å². The van der Waals surface area contributed by atoms with Crippen LogP contribution < -0.4 is 4.80 Å². The molecule has 5 heteroatoms. The van der Waals surface area contributed by atoms with E-state index in [9.17, 15) is 4.39 Å². The number of halogens is 1. The lowest BCUT2D eigenvalue weighted by Crippen LogP contribution is -2.13. The minimum Gasteiger partial charge on any atom is -0.261 e. The summed E-state index contributed by atoms with van der Waals surface area (Å²) in [4.78, 5) is 5.11. The van der Waals surface area contributed by atoms with Crippen LogP contribution in [-0.2, 0) is 0 Å². The summed E-state index contributed by atoms with van der Waals surface area (Å²) >= 11 is 1.51. The van der Waals surface area contributed by atoms with E-state index < -0.39 is 0 Å². The number of aryl methyl sites for hydroxylation is 2. The van der Waals surface area contributed by atoms with Crippen LogP contribution in [0.3, 0.4) is 0 Å². The van der Waals surface area contributed by atoms with Gasteiger partial charge in [0.2, 0.25) is 4.80 Å². The standard InChI is InChI=1S/C20H20FN3S/c1-13-5-6-17(11-14(13)2)15(3)23-24-19(12-25-20(24)22-4)16-7-9-18(21)10-8-16/h5-12H,1-4H3. The van der Waals surface area contributed by atoms with Crippen molar-refractivity contribution in [2.75, 3.05) is 7.05 Å². The van der Waals surface area contributed by atoms with E-state index in [1.165, 1.54) is 34.6 Å². The second-order valence-electron chi connectivity index (χ2n) is 5.93. The Kier molecular flexibility index (Phi) is 4.95. The molecule has 0 aliphatic heterocycles. The van der Waals surface area contributed by atoms with Crippen LogP contribution >= 0.6 is 11.3 Å². The SMILES string of the molecule is CN=c1scc(-c2ccc(F)cc2)n1N=C(C)c1ccc(C)c(C)c1. The molecule has 3 rings (SSSR count). The van der Waals surface area contributed by atoms with Gasteiger partial charge in [-0.2, -0.15) is 5.10 Å². The lowest BCUT2D eigenvalue weighted by Gasteiger charge is -2.08. The minimum absolute atomic E-state index is 0.249. The molecule has 0 amide bonds. The fourth-order valence-electron chi connectivity index (χ4n) is 2.54. The predicted octanol–water partition coefficient (Wildman–Crippen LogP) is 4.78. The van der Waals surface area contributed by atoms with Crippen LogP contribution in [0.15, 0.2) is 57.9 Å². The summed E-state index contributed by atoms with van der Waals surface area (Å²) in [5, 5.41) is 6.78. The lowest BCUT2D eigenvalue weighted by molar-refractivity contribution is 0.628. The number of hydrogen-bond acceptors (Lipinski definition) is 3.